The molecular weight excluding hydrogens is 394 g/mol. The number of hydrogen-bond donors (Lipinski definition) is 1. The van der Waals surface area contributed by atoms with E-state index in [0.29, 0.717) is 28.1 Å². The van der Waals surface area contributed by atoms with Crippen LogP contribution in [0.25, 0.3) is 16.7 Å². The highest BCUT2D eigenvalue weighted by Crippen LogP contribution is 2.29. The third kappa shape index (κ3) is 3.56. The van der Waals surface area contributed by atoms with Gasteiger partial charge in [-0.2, -0.15) is 0 Å². The van der Waals surface area contributed by atoms with Gasteiger partial charge in [-0.05, 0) is 45.0 Å². The molecule has 1 N–H and O–H groups in total. The molecule has 4 rings (SSSR count). The molecule has 31 heavy (non-hydrogen) atoms. The summed E-state index contributed by atoms with van der Waals surface area (Å²) < 4.78 is 8.56. The highest BCUT2D eigenvalue weighted by Gasteiger charge is 2.22. The summed E-state index contributed by atoms with van der Waals surface area (Å²) in [6, 6.07) is 13.1. The largest absolute Gasteiger partial charge is 0.462 e. The van der Waals surface area contributed by atoms with Gasteiger partial charge in [-0.25, -0.2) is 19.4 Å². The number of aromatic nitrogens is 4. The molecule has 8 heteroatoms. The second-order valence-electron chi connectivity index (χ2n) is 7.15. The summed E-state index contributed by atoms with van der Waals surface area (Å²) in [6.07, 6.45) is 1.43. The van der Waals surface area contributed by atoms with E-state index in [-0.39, 0.29) is 17.7 Å². The summed E-state index contributed by atoms with van der Waals surface area (Å²) in [5.74, 6) is -0.517. The Labute approximate surface area is 179 Å². The molecule has 3 heterocycles. The average Bonchev–Trinajstić information content (AvgIpc) is 2.97. The zero-order chi connectivity index (χ0) is 22.1. The number of aryl methyl sites for hydroxylation is 1. The minimum absolute atomic E-state index is 0.230. The van der Waals surface area contributed by atoms with Gasteiger partial charge < -0.3 is 10.1 Å². The molecule has 0 aliphatic heterocycles. The number of carbonyl (C=O) groups excluding carboxylic acids is 1. The van der Waals surface area contributed by atoms with Gasteiger partial charge >= 0.3 is 5.97 Å². The zero-order valence-corrected chi connectivity index (χ0v) is 17.8. The molecule has 0 fully saturated rings. The Morgan fingerprint density at radius 1 is 1.10 bits per heavy atom. The van der Waals surface area contributed by atoms with Crippen molar-refractivity contribution in [1.82, 2.24) is 19.3 Å². The molecule has 0 bridgehead atoms. The number of pyridine rings is 2. The van der Waals surface area contributed by atoms with Crippen LogP contribution in [0.5, 0.6) is 0 Å². The van der Waals surface area contributed by atoms with Crippen molar-refractivity contribution in [3.8, 4) is 5.69 Å². The fourth-order valence-electron chi connectivity index (χ4n) is 3.51. The van der Waals surface area contributed by atoms with Crippen LogP contribution in [0.15, 0.2) is 53.5 Å². The lowest BCUT2D eigenvalue weighted by Crippen LogP contribution is -2.20. The van der Waals surface area contributed by atoms with Crippen molar-refractivity contribution in [3.63, 3.8) is 0 Å². The van der Waals surface area contributed by atoms with Crippen LogP contribution >= 0.6 is 0 Å². The summed E-state index contributed by atoms with van der Waals surface area (Å²) in [7, 11) is 1.82. The van der Waals surface area contributed by atoms with Gasteiger partial charge in [-0.3, -0.25) is 9.48 Å². The Bertz CT molecular complexity index is 1340. The van der Waals surface area contributed by atoms with Gasteiger partial charge in [-0.1, -0.05) is 18.2 Å². The van der Waals surface area contributed by atoms with Crippen LogP contribution in [0.2, 0.25) is 0 Å². The Kier molecular flexibility index (Phi) is 5.29. The summed E-state index contributed by atoms with van der Waals surface area (Å²) in [5, 5.41) is 3.84. The fraction of sp³-hybridized carbons (Fsp3) is 0.217. The van der Waals surface area contributed by atoms with E-state index >= 15 is 0 Å². The quantitative estimate of drug-likeness (QED) is 0.499. The van der Waals surface area contributed by atoms with Gasteiger partial charge in [0.2, 0.25) is 0 Å². The van der Waals surface area contributed by atoms with Crippen LogP contribution < -0.4 is 10.9 Å². The highest BCUT2D eigenvalue weighted by molar-refractivity contribution is 6.05. The second-order valence-corrected chi connectivity index (χ2v) is 7.15. The number of anilines is 2. The number of nitrogens with zero attached hydrogens (tertiary/aromatic N) is 4. The second kappa shape index (κ2) is 8.06. The van der Waals surface area contributed by atoms with E-state index in [1.54, 1.807) is 16.3 Å². The molecule has 0 radical (unpaired) electrons. The molecule has 0 saturated carbocycles. The monoisotopic (exact) mass is 417 g/mol. The summed E-state index contributed by atoms with van der Waals surface area (Å²) in [5.41, 5.74) is 3.57. The summed E-state index contributed by atoms with van der Waals surface area (Å²) >= 11 is 0. The van der Waals surface area contributed by atoms with Crippen molar-refractivity contribution in [2.75, 3.05) is 11.9 Å². The molecule has 0 amide bonds. The van der Waals surface area contributed by atoms with Crippen molar-refractivity contribution in [3.05, 3.63) is 76.0 Å². The molecular formula is C23H23N5O3. The fourth-order valence-corrected chi connectivity index (χ4v) is 3.51. The first-order chi connectivity index (χ1) is 14.9. The lowest BCUT2D eigenvalue weighted by atomic mass is 10.1. The van der Waals surface area contributed by atoms with Gasteiger partial charge in [0.1, 0.15) is 11.3 Å². The van der Waals surface area contributed by atoms with Crippen LogP contribution in [-0.4, -0.2) is 31.9 Å². The number of nitrogens with one attached hydrogen (secondary N) is 1. The molecule has 1 aromatic carbocycles. The standard InChI is InChI=1S/C23H23N5O3/c1-5-31-23(30)18-13-24-21-17(12-11-14(2)25-21)20(18)26-19-15(3)27(4)28(22(19)29)16-9-7-6-8-10-16/h6-13H,5H2,1-4H3,(H,24,25,26). The minimum Gasteiger partial charge on any atom is -0.462 e. The molecule has 158 valence electrons. The Morgan fingerprint density at radius 2 is 1.84 bits per heavy atom. The predicted molar refractivity (Wildman–Crippen MR) is 119 cm³/mol. The molecule has 0 aliphatic rings. The maximum atomic E-state index is 13.3. The van der Waals surface area contributed by atoms with E-state index < -0.39 is 5.97 Å². The summed E-state index contributed by atoms with van der Waals surface area (Å²) in [4.78, 5) is 34.7. The first kappa shape index (κ1) is 20.3. The number of fused-ring (bicyclic) bond motifs is 1. The van der Waals surface area contributed by atoms with E-state index in [2.05, 4.69) is 15.3 Å². The number of para-hydroxylation sites is 1. The number of benzene rings is 1. The maximum Gasteiger partial charge on any atom is 0.341 e. The lowest BCUT2D eigenvalue weighted by Gasteiger charge is -2.13. The minimum atomic E-state index is -0.517. The molecule has 0 aliphatic carbocycles. The Hall–Kier alpha value is -3.94. The van der Waals surface area contributed by atoms with Gasteiger partial charge in [0.25, 0.3) is 5.56 Å². The predicted octanol–water partition coefficient (Wildman–Crippen LogP) is 3.66. The van der Waals surface area contributed by atoms with Crippen molar-refractivity contribution in [1.29, 1.82) is 0 Å². The van der Waals surface area contributed by atoms with E-state index in [1.807, 2.05) is 63.4 Å². The lowest BCUT2D eigenvalue weighted by molar-refractivity contribution is 0.0527. The normalized spacial score (nSPS) is 11.0. The topological polar surface area (TPSA) is 91.0 Å². The number of hydrogen-bond acceptors (Lipinski definition) is 6. The molecule has 0 saturated heterocycles. The van der Waals surface area contributed by atoms with E-state index in [4.69, 9.17) is 4.74 Å². The van der Waals surface area contributed by atoms with E-state index in [0.717, 1.165) is 11.4 Å². The smallest absolute Gasteiger partial charge is 0.341 e. The number of rotatable bonds is 5. The van der Waals surface area contributed by atoms with Gasteiger partial charge in [0.15, 0.2) is 5.65 Å². The average molecular weight is 417 g/mol. The zero-order valence-electron chi connectivity index (χ0n) is 17.8. The van der Waals surface area contributed by atoms with Crippen molar-refractivity contribution in [2.24, 2.45) is 7.05 Å². The summed E-state index contributed by atoms with van der Waals surface area (Å²) in [6.45, 7) is 5.68. The molecule has 0 atom stereocenters. The number of carbonyl (C=O) groups is 1. The number of esters is 1. The molecule has 0 unspecified atom stereocenters. The van der Waals surface area contributed by atoms with Crippen molar-refractivity contribution in [2.45, 2.75) is 20.8 Å². The molecule has 8 nitrogen and oxygen atoms in total. The SMILES string of the molecule is CCOC(=O)c1cnc2nc(C)ccc2c1Nc1c(C)n(C)n(-c2ccccc2)c1=O. The van der Waals surface area contributed by atoms with Crippen molar-refractivity contribution >= 4 is 28.4 Å². The Balaban J connectivity index is 1.92. The van der Waals surface area contributed by atoms with Crippen LogP contribution in [0.4, 0.5) is 11.4 Å². The molecule has 3 aromatic heterocycles. The van der Waals surface area contributed by atoms with Gasteiger partial charge in [0.05, 0.1) is 23.7 Å². The first-order valence-electron chi connectivity index (χ1n) is 9.97. The van der Waals surface area contributed by atoms with E-state index in [9.17, 15) is 9.59 Å². The third-order valence-corrected chi connectivity index (χ3v) is 5.17. The van der Waals surface area contributed by atoms with Gasteiger partial charge in [-0.15, -0.1) is 0 Å². The number of ether oxygens (including phenoxy) is 1. The first-order valence-corrected chi connectivity index (χ1v) is 9.97. The third-order valence-electron chi connectivity index (χ3n) is 5.17. The van der Waals surface area contributed by atoms with E-state index in [1.165, 1.54) is 6.20 Å². The van der Waals surface area contributed by atoms with Crippen LogP contribution in [0.1, 0.15) is 28.7 Å². The molecule has 4 aromatic rings. The van der Waals surface area contributed by atoms with Crippen LogP contribution in [-0.2, 0) is 11.8 Å². The van der Waals surface area contributed by atoms with Crippen molar-refractivity contribution < 1.29 is 9.53 Å². The van der Waals surface area contributed by atoms with Crippen LogP contribution in [0.3, 0.4) is 0 Å². The van der Waals surface area contributed by atoms with Crippen LogP contribution in [0, 0.1) is 13.8 Å². The Morgan fingerprint density at radius 3 is 2.55 bits per heavy atom. The highest BCUT2D eigenvalue weighted by atomic mass is 16.5. The molecule has 0 spiro atoms. The van der Waals surface area contributed by atoms with Gasteiger partial charge in [0, 0.05) is 24.3 Å². The maximum absolute atomic E-state index is 13.3.